The molecule has 11 aromatic rings. The van der Waals surface area contributed by atoms with Gasteiger partial charge < -0.3 is 0 Å². The fourth-order valence-corrected chi connectivity index (χ4v) is 10.5. The molecule has 0 atom stereocenters. The van der Waals surface area contributed by atoms with Crippen LogP contribution >= 0.6 is 11.3 Å². The van der Waals surface area contributed by atoms with E-state index in [0.29, 0.717) is 0 Å². The van der Waals surface area contributed by atoms with Crippen LogP contribution in [0.25, 0.3) is 119 Å². The lowest BCUT2D eigenvalue weighted by Gasteiger charge is -2.24. The molecular formula is C54H32S. The largest absolute Gasteiger partial charge is 0.135 e. The zero-order valence-electron chi connectivity index (χ0n) is 29.9. The third kappa shape index (κ3) is 4.57. The summed E-state index contributed by atoms with van der Waals surface area (Å²) < 4.78 is 2.66. The van der Waals surface area contributed by atoms with Gasteiger partial charge in [-0.25, -0.2) is 0 Å². The molecule has 0 unspecified atom stereocenters. The highest BCUT2D eigenvalue weighted by Gasteiger charge is 2.23. The van der Waals surface area contributed by atoms with Gasteiger partial charge >= 0.3 is 0 Å². The maximum absolute atomic E-state index is 2.46. The van der Waals surface area contributed by atoms with Gasteiger partial charge in [0.25, 0.3) is 0 Å². The minimum atomic E-state index is 1.23. The average Bonchev–Trinajstić information content (AvgIpc) is 3.60. The highest BCUT2D eigenvalue weighted by molar-refractivity contribution is 7.25. The third-order valence-corrected chi connectivity index (χ3v) is 12.9. The van der Waals surface area contributed by atoms with Gasteiger partial charge in [0.1, 0.15) is 0 Å². The molecule has 0 saturated carbocycles. The van der Waals surface area contributed by atoms with Crippen LogP contribution in [-0.2, 0) is 0 Å². The fraction of sp³-hybridized carbons (Fsp3) is 0. The highest BCUT2D eigenvalue weighted by atomic mass is 32.1. The zero-order chi connectivity index (χ0) is 36.0. The summed E-state index contributed by atoms with van der Waals surface area (Å²) >= 11 is 1.89. The second kappa shape index (κ2) is 11.9. The van der Waals surface area contributed by atoms with Gasteiger partial charge in [-0.05, 0) is 129 Å². The van der Waals surface area contributed by atoms with E-state index in [1.165, 1.54) is 119 Å². The van der Waals surface area contributed by atoms with E-state index in [2.05, 4.69) is 194 Å². The molecule has 0 radical (unpaired) electrons. The Hall–Kier alpha value is -6.80. The van der Waals surface area contributed by atoms with E-state index >= 15 is 0 Å². The average molecular weight is 713 g/mol. The van der Waals surface area contributed by atoms with Crippen LogP contribution < -0.4 is 0 Å². The monoisotopic (exact) mass is 712 g/mol. The topological polar surface area (TPSA) is 0 Å². The number of hydrogen-bond donors (Lipinski definition) is 0. The molecule has 1 aromatic heterocycles. The molecule has 1 aliphatic rings. The van der Waals surface area contributed by atoms with E-state index in [9.17, 15) is 0 Å². The molecule has 0 nitrogen and oxygen atoms in total. The van der Waals surface area contributed by atoms with Crippen LogP contribution in [0.15, 0.2) is 194 Å². The first-order valence-corrected chi connectivity index (χ1v) is 19.8. The normalized spacial score (nSPS) is 12.0. The summed E-state index contributed by atoms with van der Waals surface area (Å²) in [5, 5.41) is 10.3. The number of fused-ring (bicyclic) bond motifs is 14. The lowest BCUT2D eigenvalue weighted by atomic mass is 9.79. The lowest BCUT2D eigenvalue weighted by Crippen LogP contribution is -1.97. The first-order chi connectivity index (χ1) is 27.3. The van der Waals surface area contributed by atoms with Gasteiger partial charge in [-0.1, -0.05) is 164 Å². The number of rotatable bonds is 2. The molecule has 0 bridgehead atoms. The Morgan fingerprint density at radius 3 is 1.15 bits per heavy atom. The molecule has 1 heteroatoms. The van der Waals surface area contributed by atoms with Crippen molar-refractivity contribution in [1.29, 1.82) is 0 Å². The maximum Gasteiger partial charge on any atom is 0.0361 e. The van der Waals surface area contributed by atoms with Crippen LogP contribution in [0.4, 0.5) is 0 Å². The molecule has 0 saturated heterocycles. The highest BCUT2D eigenvalue weighted by Crippen LogP contribution is 2.51. The molecule has 0 spiro atoms. The van der Waals surface area contributed by atoms with Gasteiger partial charge in [0.15, 0.2) is 0 Å². The van der Waals surface area contributed by atoms with Crippen molar-refractivity contribution in [2.45, 2.75) is 0 Å². The standard InChI is InChI=1S/C54H32S/c1-2-14-34-32-52-50(29-33(34)13-1)49-31-36(26-28-51(49)55-52)54-46-23-11-9-21-44(46)53(45-22-10-12-24-47(45)54)35-25-27-43-41-19-6-5-17-39(41)37-15-3-4-16-38(37)40-18-7-8-20-42(40)48(43)30-35/h1-32H. The van der Waals surface area contributed by atoms with E-state index in [0.717, 1.165) is 0 Å². The van der Waals surface area contributed by atoms with Gasteiger partial charge in [-0.3, -0.25) is 0 Å². The number of thiophene rings is 1. The molecule has 1 heterocycles. The molecule has 12 rings (SSSR count). The van der Waals surface area contributed by atoms with Crippen LogP contribution in [0.5, 0.6) is 0 Å². The Labute approximate surface area is 323 Å². The molecule has 0 fully saturated rings. The van der Waals surface area contributed by atoms with E-state index in [-0.39, 0.29) is 0 Å². The molecule has 10 aromatic carbocycles. The Balaban J connectivity index is 1.12. The Morgan fingerprint density at radius 1 is 0.236 bits per heavy atom. The second-order valence-corrected chi connectivity index (χ2v) is 15.8. The van der Waals surface area contributed by atoms with Crippen molar-refractivity contribution in [2.75, 3.05) is 0 Å². The number of hydrogen-bond acceptors (Lipinski definition) is 1. The van der Waals surface area contributed by atoms with Crippen molar-refractivity contribution in [3.63, 3.8) is 0 Å². The molecule has 0 aliphatic heterocycles. The van der Waals surface area contributed by atoms with Gasteiger partial charge in [-0.15, -0.1) is 11.3 Å². The summed E-state index contributed by atoms with van der Waals surface area (Å²) in [5.41, 5.74) is 15.2. The van der Waals surface area contributed by atoms with Crippen LogP contribution in [0.1, 0.15) is 0 Å². The lowest BCUT2D eigenvalue weighted by molar-refractivity contribution is 1.52. The molecule has 0 amide bonds. The van der Waals surface area contributed by atoms with Gasteiger partial charge in [0.05, 0.1) is 0 Å². The van der Waals surface area contributed by atoms with Crippen molar-refractivity contribution in [1.82, 2.24) is 0 Å². The van der Waals surface area contributed by atoms with Gasteiger partial charge in [-0.2, -0.15) is 0 Å². The Bertz CT molecular complexity index is 3320. The third-order valence-electron chi connectivity index (χ3n) is 11.8. The summed E-state index contributed by atoms with van der Waals surface area (Å²) in [6, 6.07) is 72.5. The zero-order valence-corrected chi connectivity index (χ0v) is 30.7. The predicted octanol–water partition coefficient (Wildman–Crippen LogP) is 15.8. The summed E-state index contributed by atoms with van der Waals surface area (Å²) in [7, 11) is 0. The van der Waals surface area contributed by atoms with E-state index in [4.69, 9.17) is 0 Å². The molecule has 254 valence electrons. The van der Waals surface area contributed by atoms with Gasteiger partial charge in [0.2, 0.25) is 0 Å². The van der Waals surface area contributed by atoms with Crippen molar-refractivity contribution >= 4 is 63.8 Å². The first kappa shape index (κ1) is 30.6. The van der Waals surface area contributed by atoms with Crippen molar-refractivity contribution in [2.24, 2.45) is 0 Å². The maximum atomic E-state index is 2.46. The Morgan fingerprint density at radius 2 is 0.618 bits per heavy atom. The van der Waals surface area contributed by atoms with E-state index < -0.39 is 0 Å². The SMILES string of the molecule is c1ccc2c(c1)-c1ccccc1-c1ccc(-c3c4ccccc4c(-c4ccc5sc6cc7ccccc7cc6c5c4)c4ccccc34)cc1-c1ccccc1-2. The van der Waals surface area contributed by atoms with E-state index in [1.54, 1.807) is 0 Å². The number of benzene rings is 10. The van der Waals surface area contributed by atoms with E-state index in [1.807, 2.05) is 11.3 Å². The predicted molar refractivity (Wildman–Crippen MR) is 238 cm³/mol. The summed E-state index contributed by atoms with van der Waals surface area (Å²) in [6.07, 6.45) is 0. The van der Waals surface area contributed by atoms with Gasteiger partial charge in [0, 0.05) is 20.2 Å². The minimum absolute atomic E-state index is 1.23. The molecular weight excluding hydrogens is 681 g/mol. The molecule has 55 heavy (non-hydrogen) atoms. The fourth-order valence-electron chi connectivity index (χ4n) is 9.38. The van der Waals surface area contributed by atoms with Crippen molar-refractivity contribution in [3.8, 4) is 66.8 Å². The second-order valence-electron chi connectivity index (χ2n) is 14.7. The van der Waals surface area contributed by atoms with Crippen LogP contribution in [0.2, 0.25) is 0 Å². The van der Waals surface area contributed by atoms with Crippen LogP contribution in [0, 0.1) is 0 Å². The summed E-state index contributed by atoms with van der Waals surface area (Å²) in [5.74, 6) is 0. The van der Waals surface area contributed by atoms with Crippen molar-refractivity contribution < 1.29 is 0 Å². The smallest absolute Gasteiger partial charge is 0.0361 e. The summed E-state index contributed by atoms with van der Waals surface area (Å²) in [6.45, 7) is 0. The molecule has 0 N–H and O–H groups in total. The minimum Gasteiger partial charge on any atom is -0.135 e. The Kier molecular flexibility index (Phi) is 6.60. The van der Waals surface area contributed by atoms with Crippen LogP contribution in [0.3, 0.4) is 0 Å². The van der Waals surface area contributed by atoms with Crippen molar-refractivity contribution in [3.05, 3.63) is 194 Å². The quantitative estimate of drug-likeness (QED) is 0.157. The van der Waals surface area contributed by atoms with Crippen LogP contribution in [-0.4, -0.2) is 0 Å². The first-order valence-electron chi connectivity index (χ1n) is 19.0. The molecule has 1 aliphatic carbocycles. The summed E-state index contributed by atoms with van der Waals surface area (Å²) in [4.78, 5) is 0.